The first-order valence-electron chi connectivity index (χ1n) is 3.51. The van der Waals surface area contributed by atoms with Crippen molar-refractivity contribution in [2.24, 2.45) is 0 Å². The molecule has 0 saturated carbocycles. The van der Waals surface area contributed by atoms with Gasteiger partial charge in [0, 0.05) is 0 Å². The Labute approximate surface area is 88.4 Å². The molecule has 1 heterocycles. The molecule has 1 aromatic heterocycles. The van der Waals surface area contributed by atoms with Crippen LogP contribution in [0.1, 0.15) is 5.69 Å². The summed E-state index contributed by atoms with van der Waals surface area (Å²) in [6.45, 7) is 0. The lowest BCUT2D eigenvalue weighted by molar-refractivity contribution is -0.139. The molecule has 1 rings (SSSR count). The molecule has 0 bridgehead atoms. The van der Waals surface area contributed by atoms with Gasteiger partial charge in [-0.1, -0.05) is 0 Å². The number of halogens is 2. The molecular formula is C8H7FINO2. The number of hydrogen-bond donors (Lipinski definition) is 0. The van der Waals surface area contributed by atoms with Crippen LogP contribution in [0.3, 0.4) is 0 Å². The third kappa shape index (κ3) is 2.91. The van der Waals surface area contributed by atoms with Gasteiger partial charge in [0.1, 0.15) is 3.70 Å². The molecule has 0 aliphatic carbocycles. The molecule has 0 atom stereocenters. The third-order valence-electron chi connectivity index (χ3n) is 1.41. The third-order valence-corrected chi connectivity index (χ3v) is 2.17. The van der Waals surface area contributed by atoms with Gasteiger partial charge in [-0.05, 0) is 34.7 Å². The van der Waals surface area contributed by atoms with Crippen LogP contribution in [-0.2, 0) is 16.0 Å². The van der Waals surface area contributed by atoms with Crippen molar-refractivity contribution < 1.29 is 13.9 Å². The van der Waals surface area contributed by atoms with Crippen molar-refractivity contribution in [2.45, 2.75) is 6.42 Å². The van der Waals surface area contributed by atoms with E-state index in [1.165, 1.54) is 19.2 Å². The Morgan fingerprint density at radius 3 is 2.92 bits per heavy atom. The van der Waals surface area contributed by atoms with Gasteiger partial charge >= 0.3 is 5.97 Å². The van der Waals surface area contributed by atoms with Gasteiger partial charge in [-0.3, -0.25) is 4.79 Å². The van der Waals surface area contributed by atoms with E-state index in [9.17, 15) is 9.18 Å². The lowest BCUT2D eigenvalue weighted by atomic mass is 10.3. The highest BCUT2D eigenvalue weighted by Crippen LogP contribution is 2.08. The molecule has 0 N–H and O–H groups in total. The van der Waals surface area contributed by atoms with Crippen molar-refractivity contribution in [2.75, 3.05) is 7.11 Å². The van der Waals surface area contributed by atoms with Crippen LogP contribution in [0.25, 0.3) is 0 Å². The van der Waals surface area contributed by atoms with E-state index in [4.69, 9.17) is 0 Å². The first-order chi connectivity index (χ1) is 6.13. The second kappa shape index (κ2) is 4.50. The summed E-state index contributed by atoms with van der Waals surface area (Å²) in [7, 11) is 1.30. The van der Waals surface area contributed by atoms with Gasteiger partial charge in [0.15, 0.2) is 5.82 Å². The SMILES string of the molecule is COC(=O)Cc1ccc(F)c(I)n1. The highest BCUT2D eigenvalue weighted by Gasteiger charge is 2.06. The van der Waals surface area contributed by atoms with Crippen molar-refractivity contribution in [1.82, 2.24) is 4.98 Å². The van der Waals surface area contributed by atoms with Gasteiger partial charge < -0.3 is 4.74 Å². The highest BCUT2D eigenvalue weighted by molar-refractivity contribution is 14.1. The van der Waals surface area contributed by atoms with Gasteiger partial charge in [0.2, 0.25) is 0 Å². The Bertz CT molecular complexity index is 330. The number of carbonyl (C=O) groups excluding carboxylic acids is 1. The Morgan fingerprint density at radius 2 is 2.38 bits per heavy atom. The molecule has 1 aromatic rings. The zero-order valence-electron chi connectivity index (χ0n) is 6.88. The highest BCUT2D eigenvalue weighted by atomic mass is 127. The Kier molecular flexibility index (Phi) is 3.58. The average Bonchev–Trinajstić information content (AvgIpc) is 2.11. The van der Waals surface area contributed by atoms with Crippen LogP contribution in [0.2, 0.25) is 0 Å². The Balaban J connectivity index is 2.79. The van der Waals surface area contributed by atoms with Crippen molar-refractivity contribution in [3.63, 3.8) is 0 Å². The lowest BCUT2D eigenvalue weighted by Gasteiger charge is -2.00. The number of carbonyl (C=O) groups is 1. The number of aromatic nitrogens is 1. The topological polar surface area (TPSA) is 39.2 Å². The smallest absolute Gasteiger partial charge is 0.311 e. The van der Waals surface area contributed by atoms with Gasteiger partial charge in [0.25, 0.3) is 0 Å². The summed E-state index contributed by atoms with van der Waals surface area (Å²) in [5.74, 6) is -0.760. The number of hydrogen-bond acceptors (Lipinski definition) is 3. The van der Waals surface area contributed by atoms with Crippen LogP contribution in [0.4, 0.5) is 4.39 Å². The summed E-state index contributed by atoms with van der Waals surface area (Å²) in [6.07, 6.45) is 0.0762. The zero-order valence-corrected chi connectivity index (χ0v) is 9.04. The molecule has 0 fully saturated rings. The van der Waals surface area contributed by atoms with Crippen LogP contribution in [0, 0.1) is 9.52 Å². The molecule has 0 saturated heterocycles. The number of ether oxygens (including phenoxy) is 1. The van der Waals surface area contributed by atoms with E-state index < -0.39 is 0 Å². The first-order valence-corrected chi connectivity index (χ1v) is 4.59. The van der Waals surface area contributed by atoms with Gasteiger partial charge in [-0.25, -0.2) is 9.37 Å². The molecular weight excluding hydrogens is 288 g/mol. The second-order valence-electron chi connectivity index (χ2n) is 2.33. The predicted octanol–water partition coefficient (Wildman–Crippen LogP) is 1.54. The second-order valence-corrected chi connectivity index (χ2v) is 3.35. The summed E-state index contributed by atoms with van der Waals surface area (Å²) in [6, 6.07) is 2.75. The fourth-order valence-corrected chi connectivity index (χ4v) is 1.26. The number of nitrogens with zero attached hydrogens (tertiary/aromatic N) is 1. The van der Waals surface area contributed by atoms with E-state index >= 15 is 0 Å². The van der Waals surface area contributed by atoms with E-state index in [1.807, 2.05) is 0 Å². The summed E-state index contributed by atoms with van der Waals surface area (Å²) in [5.41, 5.74) is 0.512. The number of methoxy groups -OCH3 is 1. The Hall–Kier alpha value is -0.720. The number of rotatable bonds is 2. The van der Waals surface area contributed by atoms with E-state index in [0.717, 1.165) is 0 Å². The van der Waals surface area contributed by atoms with Crippen LogP contribution >= 0.6 is 22.6 Å². The fourth-order valence-electron chi connectivity index (χ4n) is 0.773. The summed E-state index contributed by atoms with van der Waals surface area (Å²) in [4.78, 5) is 14.7. The van der Waals surface area contributed by atoms with Crippen LogP contribution in [0.15, 0.2) is 12.1 Å². The summed E-state index contributed by atoms with van der Waals surface area (Å²) in [5, 5.41) is 0. The van der Waals surface area contributed by atoms with E-state index in [-0.39, 0.29) is 21.9 Å². The van der Waals surface area contributed by atoms with Crippen molar-refractivity contribution in [3.8, 4) is 0 Å². The summed E-state index contributed by atoms with van der Waals surface area (Å²) < 4.78 is 17.4. The zero-order chi connectivity index (χ0) is 9.84. The molecule has 0 amide bonds. The maximum Gasteiger partial charge on any atom is 0.311 e. The molecule has 3 nitrogen and oxygen atoms in total. The minimum absolute atomic E-state index is 0.0762. The van der Waals surface area contributed by atoms with Crippen LogP contribution in [-0.4, -0.2) is 18.1 Å². The maximum absolute atomic E-state index is 12.7. The van der Waals surface area contributed by atoms with Crippen LogP contribution in [0.5, 0.6) is 0 Å². The molecule has 0 spiro atoms. The minimum atomic E-state index is -0.380. The monoisotopic (exact) mass is 295 g/mol. The lowest BCUT2D eigenvalue weighted by Crippen LogP contribution is -2.07. The molecule has 0 radical (unpaired) electrons. The fraction of sp³-hybridized carbons (Fsp3) is 0.250. The van der Waals surface area contributed by atoms with Gasteiger partial charge in [0.05, 0.1) is 19.2 Å². The van der Waals surface area contributed by atoms with E-state index in [1.54, 1.807) is 22.6 Å². The van der Waals surface area contributed by atoms with Crippen LogP contribution < -0.4 is 0 Å². The number of pyridine rings is 1. The molecule has 0 aliphatic rings. The van der Waals surface area contributed by atoms with Crippen molar-refractivity contribution in [1.29, 1.82) is 0 Å². The quantitative estimate of drug-likeness (QED) is 0.472. The Morgan fingerprint density at radius 1 is 1.69 bits per heavy atom. The van der Waals surface area contributed by atoms with E-state index in [0.29, 0.717) is 5.69 Å². The normalized spacial score (nSPS) is 9.77. The summed E-state index contributed by atoms with van der Waals surface area (Å²) >= 11 is 1.77. The average molecular weight is 295 g/mol. The first kappa shape index (κ1) is 10.4. The van der Waals surface area contributed by atoms with Gasteiger partial charge in [-0.15, -0.1) is 0 Å². The van der Waals surface area contributed by atoms with Gasteiger partial charge in [-0.2, -0.15) is 0 Å². The number of esters is 1. The van der Waals surface area contributed by atoms with Crippen molar-refractivity contribution in [3.05, 3.63) is 27.3 Å². The minimum Gasteiger partial charge on any atom is -0.469 e. The molecule has 0 aliphatic heterocycles. The molecule has 0 aromatic carbocycles. The van der Waals surface area contributed by atoms with E-state index in [2.05, 4.69) is 9.72 Å². The largest absolute Gasteiger partial charge is 0.469 e. The maximum atomic E-state index is 12.7. The van der Waals surface area contributed by atoms with Crippen molar-refractivity contribution >= 4 is 28.6 Å². The molecule has 5 heteroatoms. The molecule has 70 valence electrons. The standard InChI is InChI=1S/C8H7FINO2/c1-13-7(12)4-5-2-3-6(9)8(10)11-5/h2-3H,4H2,1H3. The molecule has 13 heavy (non-hydrogen) atoms. The predicted molar refractivity (Wildman–Crippen MR) is 52.6 cm³/mol. The molecule has 0 unspecified atom stereocenters.